The highest BCUT2D eigenvalue weighted by Gasteiger charge is 2.27. The molecule has 0 aromatic carbocycles. The Kier molecular flexibility index (Phi) is 4.20. The van der Waals surface area contributed by atoms with Gasteiger partial charge in [-0.05, 0) is 19.1 Å². The maximum atomic E-state index is 11.1. The zero-order valence-electron chi connectivity index (χ0n) is 8.33. The minimum absolute atomic E-state index is 0.158. The average Bonchev–Trinajstić information content (AvgIpc) is 2.28. The number of nitrogens with zero attached hydrogens (tertiary/aromatic N) is 1. The molecule has 0 bridgehead atoms. The van der Waals surface area contributed by atoms with Gasteiger partial charge in [-0.25, -0.2) is 4.79 Å². The predicted molar refractivity (Wildman–Crippen MR) is 51.8 cm³/mol. The lowest BCUT2D eigenvalue weighted by Gasteiger charge is -2.15. The van der Waals surface area contributed by atoms with Crippen LogP contribution >= 0.6 is 0 Å². The molecule has 1 rings (SSSR count). The second-order valence-corrected chi connectivity index (χ2v) is 2.90. The average molecular weight is 211 g/mol. The molecule has 0 spiro atoms. The van der Waals surface area contributed by atoms with Crippen LogP contribution < -0.4 is 0 Å². The first-order chi connectivity index (χ1) is 7.16. The summed E-state index contributed by atoms with van der Waals surface area (Å²) >= 11 is 0. The van der Waals surface area contributed by atoms with Crippen LogP contribution in [0.5, 0.6) is 0 Å². The Labute approximate surface area is 87.3 Å². The molecule has 1 heterocycles. The third-order valence-electron chi connectivity index (χ3n) is 1.82. The normalized spacial score (nSPS) is 14.3. The number of esters is 1. The van der Waals surface area contributed by atoms with Crippen LogP contribution in [0.3, 0.4) is 0 Å². The van der Waals surface area contributed by atoms with Crippen molar-refractivity contribution in [1.29, 1.82) is 0 Å². The molecular weight excluding hydrogens is 198 g/mol. The molecule has 1 aromatic heterocycles. The van der Waals surface area contributed by atoms with Crippen LogP contribution in [-0.4, -0.2) is 33.9 Å². The molecule has 0 aliphatic rings. The van der Waals surface area contributed by atoms with Gasteiger partial charge in [0.25, 0.3) is 0 Å². The van der Waals surface area contributed by atoms with E-state index >= 15 is 0 Å². The van der Waals surface area contributed by atoms with Crippen LogP contribution in [0.25, 0.3) is 0 Å². The smallest absolute Gasteiger partial charge is 0.338 e. The molecule has 0 unspecified atom stereocenters. The summed E-state index contributed by atoms with van der Waals surface area (Å²) in [4.78, 5) is 14.9. The molecule has 82 valence electrons. The number of rotatable bonds is 4. The lowest BCUT2D eigenvalue weighted by Crippen LogP contribution is -2.30. The predicted octanol–water partition coefficient (Wildman–Crippen LogP) is 0.0390. The van der Waals surface area contributed by atoms with Gasteiger partial charge in [-0.3, -0.25) is 4.98 Å². The monoisotopic (exact) mass is 211 g/mol. The zero-order chi connectivity index (χ0) is 11.3. The molecule has 0 amide bonds. The van der Waals surface area contributed by atoms with Crippen LogP contribution in [0.4, 0.5) is 0 Å². The summed E-state index contributed by atoms with van der Waals surface area (Å²) in [6, 6.07) is 4.85. The molecule has 5 heteroatoms. The largest absolute Gasteiger partial charge is 0.464 e. The van der Waals surface area contributed by atoms with E-state index in [2.05, 4.69) is 9.72 Å². The summed E-state index contributed by atoms with van der Waals surface area (Å²) in [7, 11) is 0. The number of aliphatic hydroxyl groups is 2. The van der Waals surface area contributed by atoms with E-state index in [1.165, 1.54) is 12.3 Å². The first-order valence-corrected chi connectivity index (χ1v) is 4.60. The number of ether oxygens (including phenoxy) is 1. The number of aliphatic hydroxyl groups excluding tert-OH is 2. The summed E-state index contributed by atoms with van der Waals surface area (Å²) in [5.41, 5.74) is 0.234. The van der Waals surface area contributed by atoms with Crippen molar-refractivity contribution in [1.82, 2.24) is 4.98 Å². The maximum absolute atomic E-state index is 11.1. The van der Waals surface area contributed by atoms with Crippen LogP contribution in [0.1, 0.15) is 18.7 Å². The highest BCUT2D eigenvalue weighted by atomic mass is 16.5. The Morgan fingerprint density at radius 1 is 1.53 bits per heavy atom. The van der Waals surface area contributed by atoms with Gasteiger partial charge in [0, 0.05) is 6.20 Å². The SMILES string of the molecule is CCOC(=O)[C@H](O)[C@@H](O)c1ccccn1. The second kappa shape index (κ2) is 5.43. The van der Waals surface area contributed by atoms with Gasteiger partial charge in [-0.2, -0.15) is 0 Å². The minimum atomic E-state index is -1.60. The number of hydrogen-bond donors (Lipinski definition) is 2. The van der Waals surface area contributed by atoms with Gasteiger partial charge in [0.1, 0.15) is 6.10 Å². The lowest BCUT2D eigenvalue weighted by atomic mass is 10.1. The van der Waals surface area contributed by atoms with Gasteiger partial charge >= 0.3 is 5.97 Å². The van der Waals surface area contributed by atoms with E-state index in [-0.39, 0.29) is 12.3 Å². The van der Waals surface area contributed by atoms with Crippen LogP contribution in [0.15, 0.2) is 24.4 Å². The van der Waals surface area contributed by atoms with Gasteiger partial charge in [0.05, 0.1) is 12.3 Å². The number of carbonyl (C=O) groups is 1. The third-order valence-corrected chi connectivity index (χ3v) is 1.82. The molecule has 1 aromatic rings. The summed E-state index contributed by atoms with van der Waals surface area (Å²) in [5, 5.41) is 19.0. The molecule has 15 heavy (non-hydrogen) atoms. The fourth-order valence-corrected chi connectivity index (χ4v) is 1.07. The summed E-state index contributed by atoms with van der Waals surface area (Å²) in [6.07, 6.45) is -1.48. The topological polar surface area (TPSA) is 79.7 Å². The van der Waals surface area contributed by atoms with Crippen molar-refractivity contribution < 1.29 is 19.7 Å². The van der Waals surface area contributed by atoms with Gasteiger partial charge < -0.3 is 14.9 Å². The second-order valence-electron chi connectivity index (χ2n) is 2.90. The van der Waals surface area contributed by atoms with Crippen LogP contribution in [0.2, 0.25) is 0 Å². The fraction of sp³-hybridized carbons (Fsp3) is 0.400. The van der Waals surface area contributed by atoms with Gasteiger partial charge in [-0.1, -0.05) is 6.07 Å². The van der Waals surface area contributed by atoms with Crippen molar-refractivity contribution in [3.05, 3.63) is 30.1 Å². The molecule has 0 aliphatic carbocycles. The fourth-order valence-electron chi connectivity index (χ4n) is 1.07. The summed E-state index contributed by atoms with van der Waals surface area (Å²) < 4.78 is 4.57. The molecule has 5 nitrogen and oxygen atoms in total. The van der Waals surface area contributed by atoms with Crippen LogP contribution in [-0.2, 0) is 9.53 Å². The lowest BCUT2D eigenvalue weighted by molar-refractivity contribution is -0.159. The third kappa shape index (κ3) is 3.00. The van der Waals surface area contributed by atoms with Gasteiger partial charge in [0.15, 0.2) is 6.10 Å². The first kappa shape index (κ1) is 11.6. The summed E-state index contributed by atoms with van der Waals surface area (Å²) in [6.45, 7) is 1.78. The molecule has 0 fully saturated rings. The maximum Gasteiger partial charge on any atom is 0.338 e. The Morgan fingerprint density at radius 3 is 2.80 bits per heavy atom. The number of carbonyl (C=O) groups excluding carboxylic acids is 1. The van der Waals surface area contributed by atoms with Crippen molar-refractivity contribution in [3.8, 4) is 0 Å². The zero-order valence-corrected chi connectivity index (χ0v) is 8.33. The van der Waals surface area contributed by atoms with E-state index in [0.717, 1.165) is 0 Å². The molecular formula is C10H13NO4. The van der Waals surface area contributed by atoms with Crippen molar-refractivity contribution in [3.63, 3.8) is 0 Å². The minimum Gasteiger partial charge on any atom is -0.464 e. The Bertz CT molecular complexity index is 314. The van der Waals surface area contributed by atoms with Gasteiger partial charge in [-0.15, -0.1) is 0 Å². The number of pyridine rings is 1. The van der Waals surface area contributed by atoms with E-state index in [9.17, 15) is 15.0 Å². The number of hydrogen-bond acceptors (Lipinski definition) is 5. The van der Waals surface area contributed by atoms with E-state index in [1.807, 2.05) is 0 Å². The molecule has 0 saturated heterocycles. The van der Waals surface area contributed by atoms with Gasteiger partial charge in [0.2, 0.25) is 0 Å². The van der Waals surface area contributed by atoms with E-state index in [4.69, 9.17) is 0 Å². The summed E-state index contributed by atoms with van der Waals surface area (Å²) in [5.74, 6) is -0.851. The van der Waals surface area contributed by atoms with E-state index < -0.39 is 18.2 Å². The van der Waals surface area contributed by atoms with Crippen molar-refractivity contribution >= 4 is 5.97 Å². The Balaban J connectivity index is 2.68. The van der Waals surface area contributed by atoms with E-state index in [0.29, 0.717) is 0 Å². The highest BCUT2D eigenvalue weighted by molar-refractivity contribution is 5.75. The molecule has 0 saturated carbocycles. The Morgan fingerprint density at radius 2 is 2.27 bits per heavy atom. The van der Waals surface area contributed by atoms with E-state index in [1.54, 1.807) is 19.1 Å². The van der Waals surface area contributed by atoms with Crippen molar-refractivity contribution in [2.45, 2.75) is 19.1 Å². The highest BCUT2D eigenvalue weighted by Crippen LogP contribution is 2.14. The first-order valence-electron chi connectivity index (χ1n) is 4.60. The molecule has 0 aliphatic heterocycles. The molecule has 0 radical (unpaired) electrons. The van der Waals surface area contributed by atoms with Crippen LogP contribution in [0, 0.1) is 0 Å². The quantitative estimate of drug-likeness (QED) is 0.687. The molecule has 2 atom stereocenters. The number of aromatic nitrogens is 1. The standard InChI is InChI=1S/C10H13NO4/c1-2-15-10(14)9(13)8(12)7-5-3-4-6-11-7/h3-6,8-9,12-13H,2H2,1H3/t8-,9+/m0/s1. The Hall–Kier alpha value is -1.46. The van der Waals surface area contributed by atoms with Crippen molar-refractivity contribution in [2.24, 2.45) is 0 Å². The van der Waals surface area contributed by atoms with Crippen molar-refractivity contribution in [2.75, 3.05) is 6.61 Å². The molecule has 2 N–H and O–H groups in total.